The van der Waals surface area contributed by atoms with Crippen LogP contribution in [0.4, 0.5) is 0 Å². The van der Waals surface area contributed by atoms with Gasteiger partial charge >= 0.3 is 0 Å². The first-order chi connectivity index (χ1) is 10.1. The van der Waals surface area contributed by atoms with Crippen molar-refractivity contribution in [3.63, 3.8) is 0 Å². The predicted octanol–water partition coefficient (Wildman–Crippen LogP) is 5.71. The molecule has 3 nitrogen and oxygen atoms in total. The molecule has 2 rings (SSSR count). The van der Waals surface area contributed by atoms with E-state index in [0.717, 1.165) is 25.9 Å². The van der Waals surface area contributed by atoms with Crippen LogP contribution < -0.4 is 0 Å². The van der Waals surface area contributed by atoms with E-state index in [-0.39, 0.29) is 5.04 Å². The molecular weight excluding hydrogens is 407 g/mol. The lowest BCUT2D eigenvalue weighted by Gasteiger charge is -2.35. The standard InChI is InChI=1S/C17H25IO3Si/c1-17(2,3)22(5,6)20-11-14-9-13-7-12(10-19-4)8-15(18)16(13)21-14/h7-9H,10-11H2,1-6H3. The summed E-state index contributed by atoms with van der Waals surface area (Å²) in [5, 5.41) is 1.33. The normalized spacial score (nSPS) is 13.0. The molecule has 0 atom stereocenters. The molecule has 0 spiro atoms. The second kappa shape index (κ2) is 6.63. The van der Waals surface area contributed by atoms with Gasteiger partial charge in [0.2, 0.25) is 0 Å². The summed E-state index contributed by atoms with van der Waals surface area (Å²) in [5.41, 5.74) is 2.10. The smallest absolute Gasteiger partial charge is 0.192 e. The van der Waals surface area contributed by atoms with Crippen molar-refractivity contribution in [2.75, 3.05) is 7.11 Å². The van der Waals surface area contributed by atoms with Crippen LogP contribution in [0.5, 0.6) is 0 Å². The molecule has 0 radical (unpaired) electrons. The number of fused-ring (bicyclic) bond motifs is 1. The summed E-state index contributed by atoms with van der Waals surface area (Å²) in [7, 11) is -0.0425. The topological polar surface area (TPSA) is 31.6 Å². The molecule has 0 aliphatic carbocycles. The molecular formula is C17H25IO3Si. The van der Waals surface area contributed by atoms with Crippen molar-refractivity contribution < 1.29 is 13.6 Å². The van der Waals surface area contributed by atoms with E-state index in [1.165, 1.54) is 0 Å². The molecule has 0 aliphatic heterocycles. The zero-order valence-corrected chi connectivity index (χ0v) is 17.4. The first kappa shape index (κ1) is 18.0. The van der Waals surface area contributed by atoms with Crippen LogP contribution in [0.25, 0.3) is 11.0 Å². The summed E-state index contributed by atoms with van der Waals surface area (Å²) in [5.74, 6) is 0.896. The Kier molecular flexibility index (Phi) is 5.41. The van der Waals surface area contributed by atoms with E-state index in [1.54, 1.807) is 7.11 Å². The van der Waals surface area contributed by atoms with E-state index < -0.39 is 8.32 Å². The predicted molar refractivity (Wildman–Crippen MR) is 102 cm³/mol. The van der Waals surface area contributed by atoms with Gasteiger partial charge in [0.25, 0.3) is 0 Å². The van der Waals surface area contributed by atoms with Crippen LogP contribution in [0.3, 0.4) is 0 Å². The van der Waals surface area contributed by atoms with E-state index in [0.29, 0.717) is 13.2 Å². The van der Waals surface area contributed by atoms with Crippen molar-refractivity contribution >= 4 is 41.9 Å². The third kappa shape index (κ3) is 3.93. The number of halogens is 1. The van der Waals surface area contributed by atoms with Gasteiger partial charge in [-0.15, -0.1) is 0 Å². The number of ether oxygens (including phenoxy) is 1. The Morgan fingerprint density at radius 1 is 1.14 bits per heavy atom. The highest BCUT2D eigenvalue weighted by molar-refractivity contribution is 14.1. The minimum absolute atomic E-state index is 0.207. The molecule has 0 bridgehead atoms. The van der Waals surface area contributed by atoms with Crippen LogP contribution in [0.1, 0.15) is 32.1 Å². The lowest BCUT2D eigenvalue weighted by Crippen LogP contribution is -2.40. The van der Waals surface area contributed by atoms with Crippen molar-refractivity contribution in [1.29, 1.82) is 0 Å². The Labute approximate surface area is 147 Å². The van der Waals surface area contributed by atoms with Gasteiger partial charge in [0.1, 0.15) is 11.3 Å². The van der Waals surface area contributed by atoms with Gasteiger partial charge in [0.15, 0.2) is 8.32 Å². The Balaban J connectivity index is 2.21. The zero-order valence-electron chi connectivity index (χ0n) is 14.2. The minimum atomic E-state index is -1.76. The number of benzene rings is 1. The van der Waals surface area contributed by atoms with Crippen molar-refractivity contribution in [3.8, 4) is 0 Å². The van der Waals surface area contributed by atoms with Gasteiger partial charge in [-0.05, 0) is 64.5 Å². The molecule has 0 amide bonds. The van der Waals surface area contributed by atoms with E-state index in [4.69, 9.17) is 13.6 Å². The number of furan rings is 1. The maximum absolute atomic E-state index is 6.25. The second-order valence-corrected chi connectivity index (χ2v) is 13.2. The maximum Gasteiger partial charge on any atom is 0.192 e. The van der Waals surface area contributed by atoms with Crippen LogP contribution in [-0.2, 0) is 22.4 Å². The number of rotatable bonds is 5. The van der Waals surface area contributed by atoms with Crippen molar-refractivity contribution in [3.05, 3.63) is 33.1 Å². The van der Waals surface area contributed by atoms with Crippen molar-refractivity contribution in [2.24, 2.45) is 0 Å². The molecule has 22 heavy (non-hydrogen) atoms. The van der Waals surface area contributed by atoms with E-state index in [2.05, 4.69) is 74.7 Å². The summed E-state index contributed by atoms with van der Waals surface area (Å²) >= 11 is 2.31. The fraction of sp³-hybridized carbons (Fsp3) is 0.529. The van der Waals surface area contributed by atoms with E-state index >= 15 is 0 Å². The second-order valence-electron chi connectivity index (χ2n) is 7.19. The molecule has 0 aliphatic rings. The molecule has 1 aromatic carbocycles. The Bertz CT molecular complexity index is 656. The number of hydrogen-bond donors (Lipinski definition) is 0. The molecule has 122 valence electrons. The summed E-state index contributed by atoms with van der Waals surface area (Å²) < 4.78 is 18.6. The molecule has 0 unspecified atom stereocenters. The number of hydrogen-bond acceptors (Lipinski definition) is 3. The SMILES string of the molecule is COCc1cc(I)c2oc(CO[Si](C)(C)C(C)(C)C)cc2c1. The third-order valence-electron chi connectivity index (χ3n) is 4.37. The van der Waals surface area contributed by atoms with Crippen molar-refractivity contribution in [2.45, 2.75) is 52.1 Å². The quantitative estimate of drug-likeness (QED) is 0.448. The molecule has 0 fully saturated rings. The minimum Gasteiger partial charge on any atom is -0.458 e. The summed E-state index contributed by atoms with van der Waals surface area (Å²) in [6.45, 7) is 12.4. The largest absolute Gasteiger partial charge is 0.458 e. The van der Waals surface area contributed by atoms with Gasteiger partial charge in [0.05, 0.1) is 16.8 Å². The molecule has 1 aromatic heterocycles. The monoisotopic (exact) mass is 432 g/mol. The molecule has 1 heterocycles. The fourth-order valence-electron chi connectivity index (χ4n) is 2.01. The van der Waals surface area contributed by atoms with Crippen LogP contribution in [0.15, 0.2) is 22.6 Å². The van der Waals surface area contributed by atoms with Crippen LogP contribution in [-0.4, -0.2) is 15.4 Å². The van der Waals surface area contributed by atoms with Gasteiger partial charge in [-0.3, -0.25) is 0 Å². The van der Waals surface area contributed by atoms with E-state index in [9.17, 15) is 0 Å². The summed E-state index contributed by atoms with van der Waals surface area (Å²) in [4.78, 5) is 0. The van der Waals surface area contributed by atoms with Crippen LogP contribution >= 0.6 is 22.6 Å². The molecule has 5 heteroatoms. The van der Waals surface area contributed by atoms with Crippen LogP contribution in [0.2, 0.25) is 18.1 Å². The highest BCUT2D eigenvalue weighted by Crippen LogP contribution is 2.37. The van der Waals surface area contributed by atoms with Gasteiger partial charge in [-0.1, -0.05) is 20.8 Å². The zero-order chi connectivity index (χ0) is 16.5. The average molecular weight is 432 g/mol. The first-order valence-electron chi connectivity index (χ1n) is 7.48. The van der Waals surface area contributed by atoms with Gasteiger partial charge < -0.3 is 13.6 Å². The lowest BCUT2D eigenvalue weighted by molar-refractivity contribution is 0.185. The lowest BCUT2D eigenvalue weighted by atomic mass is 10.2. The Morgan fingerprint density at radius 3 is 2.41 bits per heavy atom. The highest BCUT2D eigenvalue weighted by atomic mass is 127. The van der Waals surface area contributed by atoms with Gasteiger partial charge in [0, 0.05) is 12.5 Å². The molecule has 0 saturated heterocycles. The van der Waals surface area contributed by atoms with Crippen LogP contribution in [0, 0.1) is 3.57 Å². The fourth-order valence-corrected chi connectivity index (χ4v) is 3.77. The summed E-state index contributed by atoms with van der Waals surface area (Å²) in [6.07, 6.45) is 0. The van der Waals surface area contributed by atoms with Gasteiger partial charge in [-0.25, -0.2) is 0 Å². The maximum atomic E-state index is 6.25. The van der Waals surface area contributed by atoms with Gasteiger partial charge in [-0.2, -0.15) is 0 Å². The highest BCUT2D eigenvalue weighted by Gasteiger charge is 2.37. The summed E-state index contributed by atoms with van der Waals surface area (Å²) in [6, 6.07) is 6.32. The first-order valence-corrected chi connectivity index (χ1v) is 11.5. The third-order valence-corrected chi connectivity index (χ3v) is 9.65. The van der Waals surface area contributed by atoms with E-state index in [1.807, 2.05) is 0 Å². The molecule has 0 saturated carbocycles. The number of methoxy groups -OCH3 is 1. The average Bonchev–Trinajstić information content (AvgIpc) is 2.79. The molecule has 0 N–H and O–H groups in total. The van der Waals surface area contributed by atoms with Crippen molar-refractivity contribution in [1.82, 2.24) is 0 Å². The Hall–Kier alpha value is -0.373. The molecule has 2 aromatic rings. The Morgan fingerprint density at radius 2 is 1.82 bits per heavy atom.